The Hall–Kier alpha value is -2.53. The maximum atomic E-state index is 5.39. The molecule has 3 aromatic rings. The molecule has 0 aromatic carbocycles. The number of fused-ring (bicyclic) bond motifs is 1. The van der Waals surface area contributed by atoms with E-state index in [4.69, 9.17) is 4.42 Å². The van der Waals surface area contributed by atoms with E-state index in [9.17, 15) is 0 Å². The molecule has 0 spiro atoms. The summed E-state index contributed by atoms with van der Waals surface area (Å²) in [5.74, 6) is 1.37. The zero-order chi connectivity index (χ0) is 14.8. The van der Waals surface area contributed by atoms with Gasteiger partial charge in [0.25, 0.3) is 0 Å². The van der Waals surface area contributed by atoms with Crippen LogP contribution in [0.15, 0.2) is 53.5 Å². The van der Waals surface area contributed by atoms with Crippen LogP contribution in [0, 0.1) is 0 Å². The Bertz CT molecular complexity index is 756. The van der Waals surface area contributed by atoms with Crippen molar-refractivity contribution in [3.63, 3.8) is 0 Å². The first-order valence-electron chi connectivity index (χ1n) is 7.38. The third-order valence-corrected chi connectivity index (χ3v) is 3.90. The summed E-state index contributed by atoms with van der Waals surface area (Å²) in [6.45, 7) is 2.75. The van der Waals surface area contributed by atoms with Gasteiger partial charge in [0.15, 0.2) is 11.6 Å². The molecule has 0 N–H and O–H groups in total. The molecule has 4 heterocycles. The van der Waals surface area contributed by atoms with Crippen molar-refractivity contribution in [3.05, 3.63) is 65.9 Å². The van der Waals surface area contributed by atoms with Crippen LogP contribution in [0.1, 0.15) is 16.8 Å². The van der Waals surface area contributed by atoms with Gasteiger partial charge in [-0.05, 0) is 35.7 Å². The molecule has 22 heavy (non-hydrogen) atoms. The lowest BCUT2D eigenvalue weighted by molar-refractivity contribution is 0.241. The first-order chi connectivity index (χ1) is 10.9. The van der Waals surface area contributed by atoms with Crippen molar-refractivity contribution in [2.75, 3.05) is 6.54 Å². The van der Waals surface area contributed by atoms with Crippen LogP contribution in [0.4, 0.5) is 0 Å². The predicted octanol–water partition coefficient (Wildman–Crippen LogP) is 2.69. The summed E-state index contributed by atoms with van der Waals surface area (Å²) in [4.78, 5) is 15.7. The lowest BCUT2D eigenvalue weighted by atomic mass is 10.1. The second-order valence-electron chi connectivity index (χ2n) is 5.46. The molecule has 3 aromatic heterocycles. The molecule has 4 rings (SSSR count). The molecule has 0 bridgehead atoms. The molecule has 0 fully saturated rings. The number of nitrogens with zero attached hydrogens (tertiary/aromatic N) is 4. The predicted molar refractivity (Wildman–Crippen MR) is 81.8 cm³/mol. The fraction of sp³-hybridized carbons (Fsp3) is 0.235. The highest BCUT2D eigenvalue weighted by Crippen LogP contribution is 2.22. The Morgan fingerprint density at radius 3 is 3.00 bits per heavy atom. The van der Waals surface area contributed by atoms with E-state index >= 15 is 0 Å². The zero-order valence-electron chi connectivity index (χ0n) is 12.1. The Morgan fingerprint density at radius 2 is 2.18 bits per heavy atom. The monoisotopic (exact) mass is 292 g/mol. The molecule has 1 aliphatic rings. The van der Waals surface area contributed by atoms with Gasteiger partial charge in [-0.2, -0.15) is 0 Å². The zero-order valence-corrected chi connectivity index (χ0v) is 12.1. The van der Waals surface area contributed by atoms with Gasteiger partial charge in [0.2, 0.25) is 0 Å². The largest absolute Gasteiger partial charge is 0.461 e. The van der Waals surface area contributed by atoms with Crippen molar-refractivity contribution in [1.29, 1.82) is 0 Å². The minimum Gasteiger partial charge on any atom is -0.461 e. The van der Waals surface area contributed by atoms with Crippen LogP contribution in [0.2, 0.25) is 0 Å². The summed E-state index contributed by atoms with van der Waals surface area (Å²) >= 11 is 0. The smallest absolute Gasteiger partial charge is 0.195 e. The number of aromatic nitrogens is 3. The standard InChI is InChI=1S/C17H16N4O/c1-3-13(9-18-6-1)11-21-7-5-14-10-19-17(20-15(14)12-21)16-4-2-8-22-16/h1-4,6,8-10H,5,7,11-12H2. The van der Waals surface area contributed by atoms with E-state index in [0.717, 1.165) is 31.7 Å². The van der Waals surface area contributed by atoms with Gasteiger partial charge in [-0.25, -0.2) is 9.97 Å². The summed E-state index contributed by atoms with van der Waals surface area (Å²) in [5, 5.41) is 0. The van der Waals surface area contributed by atoms with Gasteiger partial charge in [-0.1, -0.05) is 6.07 Å². The third kappa shape index (κ3) is 2.63. The molecular formula is C17H16N4O. The topological polar surface area (TPSA) is 55.1 Å². The maximum absolute atomic E-state index is 5.39. The van der Waals surface area contributed by atoms with Crippen molar-refractivity contribution in [3.8, 4) is 11.6 Å². The lowest BCUT2D eigenvalue weighted by Crippen LogP contribution is -2.31. The quantitative estimate of drug-likeness (QED) is 0.743. The minimum atomic E-state index is 0.659. The Kier molecular flexibility index (Phi) is 3.40. The highest BCUT2D eigenvalue weighted by atomic mass is 16.3. The molecule has 0 saturated heterocycles. The van der Waals surface area contributed by atoms with E-state index in [1.54, 1.807) is 12.5 Å². The molecule has 0 saturated carbocycles. The molecule has 110 valence electrons. The fourth-order valence-corrected chi connectivity index (χ4v) is 2.77. The van der Waals surface area contributed by atoms with Crippen LogP contribution in [0.3, 0.4) is 0 Å². The van der Waals surface area contributed by atoms with Crippen LogP contribution in [0.5, 0.6) is 0 Å². The highest BCUT2D eigenvalue weighted by molar-refractivity contribution is 5.46. The van der Waals surface area contributed by atoms with Crippen LogP contribution >= 0.6 is 0 Å². The second kappa shape index (κ2) is 5.69. The summed E-state index contributed by atoms with van der Waals surface area (Å²) in [6, 6.07) is 7.83. The maximum Gasteiger partial charge on any atom is 0.195 e. The van der Waals surface area contributed by atoms with Crippen LogP contribution in [0.25, 0.3) is 11.6 Å². The van der Waals surface area contributed by atoms with Crippen LogP contribution in [-0.4, -0.2) is 26.4 Å². The minimum absolute atomic E-state index is 0.659. The normalized spacial score (nSPS) is 14.7. The Balaban J connectivity index is 1.55. The summed E-state index contributed by atoms with van der Waals surface area (Å²) in [6.07, 6.45) is 8.28. The lowest BCUT2D eigenvalue weighted by Gasteiger charge is -2.27. The first kappa shape index (κ1) is 13.2. The van der Waals surface area contributed by atoms with Crippen molar-refractivity contribution in [1.82, 2.24) is 19.9 Å². The molecule has 1 aliphatic heterocycles. The van der Waals surface area contributed by atoms with Crippen molar-refractivity contribution < 1.29 is 4.42 Å². The van der Waals surface area contributed by atoms with E-state index in [-0.39, 0.29) is 0 Å². The fourth-order valence-electron chi connectivity index (χ4n) is 2.77. The van der Waals surface area contributed by atoms with Gasteiger partial charge in [0.05, 0.1) is 12.0 Å². The van der Waals surface area contributed by atoms with Gasteiger partial charge in [0.1, 0.15) is 0 Å². The van der Waals surface area contributed by atoms with E-state index in [1.807, 2.05) is 30.6 Å². The van der Waals surface area contributed by atoms with Crippen LogP contribution < -0.4 is 0 Å². The van der Waals surface area contributed by atoms with E-state index in [2.05, 4.69) is 25.9 Å². The van der Waals surface area contributed by atoms with E-state index in [1.165, 1.54) is 11.1 Å². The van der Waals surface area contributed by atoms with Gasteiger partial charge in [-0.3, -0.25) is 9.88 Å². The van der Waals surface area contributed by atoms with Crippen LogP contribution in [-0.2, 0) is 19.5 Å². The number of rotatable bonds is 3. The highest BCUT2D eigenvalue weighted by Gasteiger charge is 2.19. The molecule has 5 nitrogen and oxygen atoms in total. The summed E-state index contributed by atoms with van der Waals surface area (Å²) in [7, 11) is 0. The average molecular weight is 292 g/mol. The molecular weight excluding hydrogens is 276 g/mol. The Labute approximate surface area is 128 Å². The molecule has 0 radical (unpaired) electrons. The number of pyridine rings is 1. The van der Waals surface area contributed by atoms with Crippen molar-refractivity contribution >= 4 is 0 Å². The SMILES string of the molecule is c1cncc(CN2CCc3cnc(-c4ccco4)nc3C2)c1. The number of hydrogen-bond acceptors (Lipinski definition) is 5. The second-order valence-corrected chi connectivity index (χ2v) is 5.46. The van der Waals surface area contributed by atoms with Crippen molar-refractivity contribution in [2.45, 2.75) is 19.5 Å². The molecule has 0 atom stereocenters. The average Bonchev–Trinajstić information content (AvgIpc) is 3.10. The van der Waals surface area contributed by atoms with Gasteiger partial charge in [0, 0.05) is 38.2 Å². The molecule has 0 unspecified atom stereocenters. The third-order valence-electron chi connectivity index (χ3n) is 3.90. The number of hydrogen-bond donors (Lipinski definition) is 0. The van der Waals surface area contributed by atoms with Gasteiger partial charge < -0.3 is 4.42 Å². The van der Waals surface area contributed by atoms with E-state index in [0.29, 0.717) is 11.6 Å². The summed E-state index contributed by atoms with van der Waals surface area (Å²) < 4.78 is 5.39. The van der Waals surface area contributed by atoms with Gasteiger partial charge >= 0.3 is 0 Å². The van der Waals surface area contributed by atoms with Gasteiger partial charge in [-0.15, -0.1) is 0 Å². The van der Waals surface area contributed by atoms with Crippen molar-refractivity contribution in [2.24, 2.45) is 0 Å². The molecule has 0 aliphatic carbocycles. The number of furan rings is 1. The summed E-state index contributed by atoms with van der Waals surface area (Å²) in [5.41, 5.74) is 3.56. The first-order valence-corrected chi connectivity index (χ1v) is 7.38. The molecule has 5 heteroatoms. The Morgan fingerprint density at radius 1 is 1.18 bits per heavy atom. The molecule has 0 amide bonds. The van der Waals surface area contributed by atoms with E-state index < -0.39 is 0 Å².